The van der Waals surface area contributed by atoms with Crippen LogP contribution in [0.15, 0.2) is 41.9 Å². The summed E-state index contributed by atoms with van der Waals surface area (Å²) in [6.07, 6.45) is 2.43. The molecule has 4 rings (SSSR count). The van der Waals surface area contributed by atoms with Crippen LogP contribution in [-0.4, -0.2) is 51.7 Å². The molecule has 3 heterocycles. The van der Waals surface area contributed by atoms with E-state index >= 15 is 0 Å². The molecular weight excluding hydrogens is 402 g/mol. The highest BCUT2D eigenvalue weighted by atomic mass is 32.1. The Morgan fingerprint density at radius 3 is 2.83 bits per heavy atom. The summed E-state index contributed by atoms with van der Waals surface area (Å²) in [5, 5.41) is 10.3. The number of hydrogen-bond donors (Lipinski definition) is 1. The number of aromatic nitrogens is 3. The summed E-state index contributed by atoms with van der Waals surface area (Å²) in [4.78, 5) is 30.9. The summed E-state index contributed by atoms with van der Waals surface area (Å²) in [6.45, 7) is 2.35. The highest BCUT2D eigenvalue weighted by molar-refractivity contribution is 7.09. The van der Waals surface area contributed by atoms with Gasteiger partial charge in [0.15, 0.2) is 5.69 Å². The van der Waals surface area contributed by atoms with Gasteiger partial charge in [-0.25, -0.2) is 4.98 Å². The molecule has 30 heavy (non-hydrogen) atoms. The summed E-state index contributed by atoms with van der Waals surface area (Å²) in [5.41, 5.74) is 3.44. The average Bonchev–Trinajstić information content (AvgIpc) is 3.41. The van der Waals surface area contributed by atoms with Gasteiger partial charge in [0, 0.05) is 42.3 Å². The fourth-order valence-corrected chi connectivity index (χ4v) is 4.13. The van der Waals surface area contributed by atoms with E-state index in [1.807, 2.05) is 45.3 Å². The second-order valence-corrected chi connectivity index (χ2v) is 8.04. The number of nitrogens with one attached hydrogen (secondary N) is 1. The molecule has 1 aliphatic heterocycles. The fraction of sp³-hybridized carbons (Fsp3) is 0.333. The Hall–Kier alpha value is -3.04. The predicted molar refractivity (Wildman–Crippen MR) is 112 cm³/mol. The van der Waals surface area contributed by atoms with Crippen molar-refractivity contribution in [1.29, 1.82) is 0 Å². The number of methoxy groups -OCH3 is 1. The predicted octanol–water partition coefficient (Wildman–Crippen LogP) is 1.85. The van der Waals surface area contributed by atoms with E-state index in [0.29, 0.717) is 38.3 Å². The van der Waals surface area contributed by atoms with Gasteiger partial charge >= 0.3 is 5.97 Å². The summed E-state index contributed by atoms with van der Waals surface area (Å²) in [5.74, 6) is -0.516. The number of thiazole rings is 1. The Balaban J connectivity index is 1.59. The van der Waals surface area contributed by atoms with Gasteiger partial charge in [0.05, 0.1) is 26.7 Å². The van der Waals surface area contributed by atoms with Crippen molar-refractivity contribution in [2.75, 3.05) is 20.2 Å². The molecular formula is C21H23N5O3S. The Labute approximate surface area is 178 Å². The number of amides is 1. The minimum atomic E-state index is -0.287. The third kappa shape index (κ3) is 4.58. The zero-order valence-electron chi connectivity index (χ0n) is 16.7. The summed E-state index contributed by atoms with van der Waals surface area (Å²) in [7, 11) is 1.38. The highest BCUT2D eigenvalue weighted by Crippen LogP contribution is 2.24. The molecule has 1 N–H and O–H groups in total. The number of ether oxygens (including phenoxy) is 1. The lowest BCUT2D eigenvalue weighted by Gasteiger charge is -2.26. The second kappa shape index (κ2) is 9.19. The topological polar surface area (TPSA) is 89.3 Å². The number of rotatable bonds is 7. The lowest BCUT2D eigenvalue weighted by atomic mass is 10.0. The van der Waals surface area contributed by atoms with Crippen LogP contribution in [0.2, 0.25) is 0 Å². The molecule has 0 saturated carbocycles. The van der Waals surface area contributed by atoms with E-state index in [2.05, 4.69) is 15.4 Å². The molecule has 0 saturated heterocycles. The molecule has 0 spiro atoms. The smallest absolute Gasteiger partial charge is 0.319 e. The summed E-state index contributed by atoms with van der Waals surface area (Å²) < 4.78 is 6.71. The zero-order valence-corrected chi connectivity index (χ0v) is 17.5. The van der Waals surface area contributed by atoms with Crippen molar-refractivity contribution in [2.45, 2.75) is 26.1 Å². The van der Waals surface area contributed by atoms with Gasteiger partial charge in [-0.3, -0.25) is 19.2 Å². The van der Waals surface area contributed by atoms with Gasteiger partial charge < -0.3 is 10.1 Å². The first-order valence-electron chi connectivity index (χ1n) is 9.72. The number of benzene rings is 1. The average molecular weight is 426 g/mol. The van der Waals surface area contributed by atoms with Gasteiger partial charge in [0.25, 0.3) is 5.91 Å². The molecule has 0 fully saturated rings. The standard InChI is InChI=1S/C21H23N5O3S/c1-29-19(27)14-25-9-7-17-16(13-25)20(21(28)23-11-18-22-8-10-30-18)24-26(17)12-15-5-3-2-4-6-15/h2-6,8,10H,7,9,11-14H2,1H3,(H,23,28). The quantitative estimate of drug-likeness (QED) is 0.581. The number of fused-ring (bicyclic) bond motifs is 1. The van der Waals surface area contributed by atoms with E-state index in [0.717, 1.165) is 21.8 Å². The maximum Gasteiger partial charge on any atom is 0.319 e. The SMILES string of the molecule is COC(=O)CN1CCc2c(c(C(=O)NCc3nccs3)nn2Cc2ccccc2)C1. The van der Waals surface area contributed by atoms with Crippen LogP contribution in [-0.2, 0) is 35.6 Å². The molecule has 8 nitrogen and oxygen atoms in total. The van der Waals surface area contributed by atoms with Crippen LogP contribution in [0.5, 0.6) is 0 Å². The van der Waals surface area contributed by atoms with Crippen LogP contribution >= 0.6 is 11.3 Å². The van der Waals surface area contributed by atoms with Crippen LogP contribution in [0.4, 0.5) is 0 Å². The lowest BCUT2D eigenvalue weighted by molar-refractivity contribution is -0.142. The van der Waals surface area contributed by atoms with E-state index in [1.165, 1.54) is 18.4 Å². The molecule has 0 aliphatic carbocycles. The van der Waals surface area contributed by atoms with Gasteiger partial charge in [-0.1, -0.05) is 30.3 Å². The molecule has 2 aromatic heterocycles. The van der Waals surface area contributed by atoms with Gasteiger partial charge in [-0.05, 0) is 5.56 Å². The van der Waals surface area contributed by atoms with E-state index in [1.54, 1.807) is 6.20 Å². The molecule has 0 bridgehead atoms. The van der Waals surface area contributed by atoms with Crippen LogP contribution in [0.3, 0.4) is 0 Å². The van der Waals surface area contributed by atoms with Crippen molar-refractivity contribution in [3.05, 3.63) is 69.4 Å². The molecule has 0 radical (unpaired) electrons. The Kier molecular flexibility index (Phi) is 6.20. The van der Waals surface area contributed by atoms with Gasteiger partial charge in [0.2, 0.25) is 0 Å². The van der Waals surface area contributed by atoms with Crippen molar-refractivity contribution >= 4 is 23.2 Å². The number of esters is 1. The molecule has 1 amide bonds. The van der Waals surface area contributed by atoms with Crippen LogP contribution in [0.1, 0.15) is 32.3 Å². The van der Waals surface area contributed by atoms with Crippen molar-refractivity contribution in [2.24, 2.45) is 0 Å². The third-order valence-corrected chi connectivity index (χ3v) is 5.85. The monoisotopic (exact) mass is 425 g/mol. The van der Waals surface area contributed by atoms with E-state index < -0.39 is 0 Å². The van der Waals surface area contributed by atoms with E-state index in [-0.39, 0.29) is 18.4 Å². The Bertz CT molecular complexity index is 1020. The van der Waals surface area contributed by atoms with Gasteiger partial charge in [0.1, 0.15) is 5.01 Å². The minimum absolute atomic E-state index is 0.194. The van der Waals surface area contributed by atoms with E-state index in [9.17, 15) is 9.59 Å². The maximum atomic E-state index is 12.9. The Morgan fingerprint density at radius 1 is 1.27 bits per heavy atom. The molecule has 1 aromatic carbocycles. The van der Waals surface area contributed by atoms with Crippen LogP contribution in [0, 0.1) is 0 Å². The molecule has 3 aromatic rings. The maximum absolute atomic E-state index is 12.9. The first kappa shape index (κ1) is 20.2. The summed E-state index contributed by atoms with van der Waals surface area (Å²) >= 11 is 1.49. The lowest BCUT2D eigenvalue weighted by Crippen LogP contribution is -2.36. The number of carbonyl (C=O) groups is 2. The normalized spacial score (nSPS) is 13.6. The van der Waals surface area contributed by atoms with Gasteiger partial charge in [-0.2, -0.15) is 5.10 Å². The molecule has 1 aliphatic rings. The van der Waals surface area contributed by atoms with E-state index in [4.69, 9.17) is 4.74 Å². The van der Waals surface area contributed by atoms with Crippen LogP contribution in [0.25, 0.3) is 0 Å². The fourth-order valence-electron chi connectivity index (χ4n) is 3.58. The van der Waals surface area contributed by atoms with Crippen molar-refractivity contribution in [1.82, 2.24) is 25.0 Å². The molecule has 0 unspecified atom stereocenters. The number of hydrogen-bond acceptors (Lipinski definition) is 7. The number of carbonyl (C=O) groups excluding carboxylic acids is 2. The van der Waals surface area contributed by atoms with Crippen molar-refractivity contribution in [3.8, 4) is 0 Å². The zero-order chi connectivity index (χ0) is 20.9. The molecule has 0 atom stereocenters. The second-order valence-electron chi connectivity index (χ2n) is 7.06. The third-order valence-electron chi connectivity index (χ3n) is 5.07. The molecule has 156 valence electrons. The largest absolute Gasteiger partial charge is 0.468 e. The Morgan fingerprint density at radius 2 is 2.10 bits per heavy atom. The van der Waals surface area contributed by atoms with Crippen LogP contribution < -0.4 is 5.32 Å². The van der Waals surface area contributed by atoms with Crippen molar-refractivity contribution < 1.29 is 14.3 Å². The highest BCUT2D eigenvalue weighted by Gasteiger charge is 2.29. The first-order valence-corrected chi connectivity index (χ1v) is 10.6. The van der Waals surface area contributed by atoms with Crippen molar-refractivity contribution in [3.63, 3.8) is 0 Å². The first-order chi connectivity index (χ1) is 14.6. The number of nitrogens with zero attached hydrogens (tertiary/aromatic N) is 4. The summed E-state index contributed by atoms with van der Waals surface area (Å²) in [6, 6.07) is 10.0. The minimum Gasteiger partial charge on any atom is -0.468 e. The van der Waals surface area contributed by atoms with Gasteiger partial charge in [-0.15, -0.1) is 11.3 Å². The molecule has 9 heteroatoms.